The SMILES string of the molecule is c1cc(NCCN2CCCCCC2)c2sccc2n1. The Hall–Kier alpha value is -1.13. The molecular weight excluding hydrogens is 254 g/mol. The van der Waals surface area contributed by atoms with E-state index in [9.17, 15) is 0 Å². The lowest BCUT2D eigenvalue weighted by Crippen LogP contribution is -2.29. The van der Waals surface area contributed by atoms with Crippen molar-refractivity contribution in [2.75, 3.05) is 31.5 Å². The van der Waals surface area contributed by atoms with Gasteiger partial charge in [-0.3, -0.25) is 4.98 Å². The van der Waals surface area contributed by atoms with Gasteiger partial charge in [0.05, 0.1) is 15.9 Å². The van der Waals surface area contributed by atoms with Gasteiger partial charge in [-0.05, 0) is 43.4 Å². The summed E-state index contributed by atoms with van der Waals surface area (Å²) in [5, 5.41) is 5.68. The summed E-state index contributed by atoms with van der Waals surface area (Å²) in [6.45, 7) is 4.71. The van der Waals surface area contributed by atoms with Gasteiger partial charge in [-0.15, -0.1) is 11.3 Å². The fourth-order valence-corrected chi connectivity index (χ4v) is 3.56. The molecule has 1 aliphatic heterocycles. The number of aromatic nitrogens is 1. The molecule has 0 unspecified atom stereocenters. The molecule has 3 rings (SSSR count). The number of thiophene rings is 1. The molecule has 1 saturated heterocycles. The minimum absolute atomic E-state index is 1.02. The summed E-state index contributed by atoms with van der Waals surface area (Å²) >= 11 is 1.76. The number of pyridine rings is 1. The van der Waals surface area contributed by atoms with E-state index in [0.29, 0.717) is 0 Å². The molecule has 3 nitrogen and oxygen atoms in total. The number of nitrogens with zero attached hydrogens (tertiary/aromatic N) is 2. The van der Waals surface area contributed by atoms with Crippen LogP contribution >= 0.6 is 11.3 Å². The first kappa shape index (κ1) is 12.9. The van der Waals surface area contributed by atoms with Gasteiger partial charge in [-0.25, -0.2) is 0 Å². The lowest BCUT2D eigenvalue weighted by molar-refractivity contribution is 0.296. The van der Waals surface area contributed by atoms with Crippen molar-refractivity contribution in [1.82, 2.24) is 9.88 Å². The van der Waals surface area contributed by atoms with Crippen molar-refractivity contribution in [1.29, 1.82) is 0 Å². The maximum atomic E-state index is 4.37. The average Bonchev–Trinajstić information content (AvgIpc) is 2.77. The second-order valence-corrected chi connectivity index (χ2v) is 6.09. The molecule has 3 heterocycles. The average molecular weight is 275 g/mol. The number of anilines is 1. The van der Waals surface area contributed by atoms with Crippen molar-refractivity contribution < 1.29 is 0 Å². The standard InChI is InChI=1S/C15H21N3S/c1-2-4-10-18(9-3-1)11-8-17-13-5-7-16-14-6-12-19-15(13)14/h5-7,12H,1-4,8-11H2,(H,16,17). The van der Waals surface area contributed by atoms with E-state index in [0.717, 1.165) is 18.6 Å². The van der Waals surface area contributed by atoms with Crippen molar-refractivity contribution in [2.24, 2.45) is 0 Å². The van der Waals surface area contributed by atoms with E-state index in [-0.39, 0.29) is 0 Å². The third-order valence-electron chi connectivity index (χ3n) is 3.79. The normalized spacial score (nSPS) is 17.5. The van der Waals surface area contributed by atoms with Crippen LogP contribution in [0.2, 0.25) is 0 Å². The fourth-order valence-electron chi connectivity index (χ4n) is 2.72. The van der Waals surface area contributed by atoms with E-state index < -0.39 is 0 Å². The summed E-state index contributed by atoms with van der Waals surface area (Å²) in [5.74, 6) is 0. The Morgan fingerprint density at radius 2 is 2.00 bits per heavy atom. The largest absolute Gasteiger partial charge is 0.383 e. The Morgan fingerprint density at radius 3 is 2.84 bits per heavy atom. The van der Waals surface area contributed by atoms with Gasteiger partial charge in [0.2, 0.25) is 0 Å². The van der Waals surface area contributed by atoms with Crippen LogP contribution in [0.15, 0.2) is 23.7 Å². The third kappa shape index (κ3) is 3.25. The van der Waals surface area contributed by atoms with Crippen molar-refractivity contribution in [3.63, 3.8) is 0 Å². The van der Waals surface area contributed by atoms with Gasteiger partial charge in [0.25, 0.3) is 0 Å². The number of hydrogen-bond donors (Lipinski definition) is 1. The Morgan fingerprint density at radius 1 is 1.16 bits per heavy atom. The zero-order chi connectivity index (χ0) is 12.9. The van der Waals surface area contributed by atoms with Crippen LogP contribution in [-0.2, 0) is 0 Å². The molecule has 2 aromatic rings. The van der Waals surface area contributed by atoms with Gasteiger partial charge in [0.1, 0.15) is 0 Å². The van der Waals surface area contributed by atoms with Gasteiger partial charge in [0, 0.05) is 19.3 Å². The summed E-state index contributed by atoms with van der Waals surface area (Å²) in [6.07, 6.45) is 7.44. The molecule has 4 heteroatoms. The highest BCUT2D eigenvalue weighted by atomic mass is 32.1. The lowest BCUT2D eigenvalue weighted by atomic mass is 10.2. The minimum atomic E-state index is 1.02. The molecule has 0 aliphatic carbocycles. The maximum absolute atomic E-state index is 4.37. The fraction of sp³-hybridized carbons (Fsp3) is 0.533. The summed E-state index contributed by atoms with van der Waals surface area (Å²) in [6, 6.07) is 4.17. The molecule has 0 aromatic carbocycles. The second kappa shape index (κ2) is 6.35. The highest BCUT2D eigenvalue weighted by Gasteiger charge is 2.08. The molecule has 0 bridgehead atoms. The van der Waals surface area contributed by atoms with Gasteiger partial charge in [-0.2, -0.15) is 0 Å². The zero-order valence-corrected chi connectivity index (χ0v) is 12.1. The van der Waals surface area contributed by atoms with Crippen LogP contribution in [-0.4, -0.2) is 36.1 Å². The van der Waals surface area contributed by atoms with Crippen LogP contribution in [0, 0.1) is 0 Å². The van der Waals surface area contributed by atoms with Gasteiger partial charge >= 0.3 is 0 Å². The predicted molar refractivity (Wildman–Crippen MR) is 83.0 cm³/mol. The Labute approximate surface area is 118 Å². The van der Waals surface area contributed by atoms with Crippen LogP contribution in [0.4, 0.5) is 5.69 Å². The van der Waals surface area contributed by atoms with Crippen LogP contribution < -0.4 is 5.32 Å². The number of fused-ring (bicyclic) bond motifs is 1. The van der Waals surface area contributed by atoms with Crippen LogP contribution in [0.5, 0.6) is 0 Å². The molecular formula is C15H21N3S. The van der Waals surface area contributed by atoms with E-state index >= 15 is 0 Å². The smallest absolute Gasteiger partial charge is 0.0830 e. The molecule has 19 heavy (non-hydrogen) atoms. The molecule has 0 radical (unpaired) electrons. The molecule has 1 fully saturated rings. The molecule has 0 amide bonds. The monoisotopic (exact) mass is 275 g/mol. The first-order chi connectivity index (χ1) is 9.43. The van der Waals surface area contributed by atoms with Crippen LogP contribution in [0.3, 0.4) is 0 Å². The van der Waals surface area contributed by atoms with Gasteiger partial charge < -0.3 is 10.2 Å². The number of likely N-dealkylation sites (tertiary alicyclic amines) is 1. The minimum Gasteiger partial charge on any atom is -0.383 e. The Balaban J connectivity index is 1.55. The predicted octanol–water partition coefficient (Wildman–Crippen LogP) is 3.58. The van der Waals surface area contributed by atoms with Crippen molar-refractivity contribution in [3.05, 3.63) is 23.7 Å². The van der Waals surface area contributed by atoms with Gasteiger partial charge in [0.15, 0.2) is 0 Å². The molecule has 102 valence electrons. The highest BCUT2D eigenvalue weighted by molar-refractivity contribution is 7.17. The van der Waals surface area contributed by atoms with E-state index in [2.05, 4.69) is 32.7 Å². The molecule has 0 saturated carbocycles. The first-order valence-electron chi connectivity index (χ1n) is 7.22. The van der Waals surface area contributed by atoms with E-state index in [1.165, 1.54) is 49.2 Å². The quantitative estimate of drug-likeness (QED) is 0.924. The van der Waals surface area contributed by atoms with Crippen LogP contribution in [0.25, 0.3) is 10.2 Å². The second-order valence-electron chi connectivity index (χ2n) is 5.18. The topological polar surface area (TPSA) is 28.2 Å². The summed E-state index contributed by atoms with van der Waals surface area (Å²) in [5.41, 5.74) is 2.33. The molecule has 0 atom stereocenters. The maximum Gasteiger partial charge on any atom is 0.0830 e. The number of nitrogens with one attached hydrogen (secondary N) is 1. The van der Waals surface area contributed by atoms with Gasteiger partial charge in [-0.1, -0.05) is 12.8 Å². The molecule has 1 aliphatic rings. The van der Waals surface area contributed by atoms with Crippen molar-refractivity contribution in [2.45, 2.75) is 25.7 Å². The Kier molecular flexibility index (Phi) is 4.30. The summed E-state index contributed by atoms with van der Waals surface area (Å²) in [7, 11) is 0. The summed E-state index contributed by atoms with van der Waals surface area (Å²) in [4.78, 5) is 6.96. The van der Waals surface area contributed by atoms with Crippen molar-refractivity contribution in [3.8, 4) is 0 Å². The highest BCUT2D eigenvalue weighted by Crippen LogP contribution is 2.26. The number of rotatable bonds is 4. The number of hydrogen-bond acceptors (Lipinski definition) is 4. The molecule has 1 N–H and O–H groups in total. The zero-order valence-electron chi connectivity index (χ0n) is 11.3. The lowest BCUT2D eigenvalue weighted by Gasteiger charge is -2.20. The van der Waals surface area contributed by atoms with E-state index in [1.54, 1.807) is 11.3 Å². The molecule has 2 aromatic heterocycles. The van der Waals surface area contributed by atoms with E-state index in [1.807, 2.05) is 6.20 Å². The molecule has 0 spiro atoms. The first-order valence-corrected chi connectivity index (χ1v) is 8.10. The summed E-state index contributed by atoms with van der Waals surface area (Å²) < 4.78 is 1.28. The van der Waals surface area contributed by atoms with E-state index in [4.69, 9.17) is 0 Å². The third-order valence-corrected chi connectivity index (χ3v) is 4.72. The van der Waals surface area contributed by atoms with Crippen LogP contribution in [0.1, 0.15) is 25.7 Å². The Bertz CT molecular complexity index is 515. The van der Waals surface area contributed by atoms with Crippen molar-refractivity contribution >= 4 is 27.2 Å².